The molecule has 3 aromatic rings. The highest BCUT2D eigenvalue weighted by Gasteiger charge is 2.39. The second-order valence-corrected chi connectivity index (χ2v) is 10.8. The monoisotopic (exact) mass is 486 g/mol. The summed E-state index contributed by atoms with van der Waals surface area (Å²) in [4.78, 5) is 21.2. The predicted molar refractivity (Wildman–Crippen MR) is 125 cm³/mol. The number of likely N-dealkylation sites (tertiary alicyclic amines) is 1. The second kappa shape index (κ2) is 8.85. The third-order valence-corrected chi connectivity index (χ3v) is 8.46. The summed E-state index contributed by atoms with van der Waals surface area (Å²) in [5.74, 6) is 0.0848. The van der Waals surface area contributed by atoms with Gasteiger partial charge in [-0.05, 0) is 67.3 Å². The van der Waals surface area contributed by atoms with Gasteiger partial charge in [-0.3, -0.25) is 14.4 Å². The standard InChI is InChI=1S/C23H23FN4O3S2/c24-18-3-1-16(2-4-18)17-9-12-27(15-17)21-10-13-28(22(21)29)19-5-7-20(8-6-19)33(30,31)26-23-25-11-14-32-23/h1-8,11,14,17,21H,9-10,12-13,15H2,(H,25,26)/t17?,21-/m1/s1. The van der Waals surface area contributed by atoms with Gasteiger partial charge in [0.05, 0.1) is 10.9 Å². The molecule has 1 amide bonds. The molecule has 33 heavy (non-hydrogen) atoms. The number of amides is 1. The molecule has 2 aliphatic heterocycles. The molecule has 2 aromatic carbocycles. The highest BCUT2D eigenvalue weighted by Crippen LogP contribution is 2.33. The first-order valence-electron chi connectivity index (χ1n) is 10.7. The largest absolute Gasteiger partial charge is 0.311 e. The number of benzene rings is 2. The van der Waals surface area contributed by atoms with Crippen LogP contribution in [0.5, 0.6) is 0 Å². The first-order chi connectivity index (χ1) is 15.9. The van der Waals surface area contributed by atoms with Crippen molar-refractivity contribution in [2.24, 2.45) is 0 Å². The van der Waals surface area contributed by atoms with Crippen LogP contribution in [0.25, 0.3) is 0 Å². The molecule has 7 nitrogen and oxygen atoms in total. The first kappa shape index (κ1) is 22.0. The van der Waals surface area contributed by atoms with Crippen LogP contribution in [0.4, 0.5) is 15.2 Å². The van der Waals surface area contributed by atoms with Crippen LogP contribution in [0.1, 0.15) is 24.3 Å². The van der Waals surface area contributed by atoms with E-state index in [0.29, 0.717) is 23.3 Å². The lowest BCUT2D eigenvalue weighted by Crippen LogP contribution is -2.40. The molecule has 172 valence electrons. The lowest BCUT2D eigenvalue weighted by atomic mass is 9.98. The molecule has 1 aromatic heterocycles. The fraction of sp³-hybridized carbons (Fsp3) is 0.304. The molecule has 2 fully saturated rings. The zero-order valence-corrected chi connectivity index (χ0v) is 19.4. The fourth-order valence-electron chi connectivity index (χ4n) is 4.59. The van der Waals surface area contributed by atoms with Crippen molar-refractivity contribution in [1.82, 2.24) is 9.88 Å². The Labute approximate surface area is 195 Å². The van der Waals surface area contributed by atoms with Crippen LogP contribution in [-0.2, 0) is 14.8 Å². The van der Waals surface area contributed by atoms with E-state index in [4.69, 9.17) is 0 Å². The SMILES string of the molecule is O=C1[C@H](N2CCC(c3ccc(F)cc3)C2)CCN1c1ccc(S(=O)(=O)Nc2nccs2)cc1. The molecule has 0 aliphatic carbocycles. The normalized spacial score (nSPS) is 21.6. The van der Waals surface area contributed by atoms with E-state index < -0.39 is 10.0 Å². The summed E-state index contributed by atoms with van der Waals surface area (Å²) in [5, 5.41) is 2.00. The zero-order chi connectivity index (χ0) is 23.0. The number of halogens is 1. The molecule has 0 radical (unpaired) electrons. The van der Waals surface area contributed by atoms with Gasteiger partial charge < -0.3 is 4.90 Å². The maximum absolute atomic E-state index is 13.2. The number of anilines is 2. The van der Waals surface area contributed by atoms with Gasteiger partial charge in [-0.2, -0.15) is 0 Å². The van der Waals surface area contributed by atoms with Crippen molar-refractivity contribution >= 4 is 38.1 Å². The van der Waals surface area contributed by atoms with Crippen molar-refractivity contribution in [1.29, 1.82) is 0 Å². The molecule has 2 saturated heterocycles. The number of carbonyl (C=O) groups is 1. The third kappa shape index (κ3) is 4.50. The number of nitrogens with one attached hydrogen (secondary N) is 1. The number of aromatic nitrogens is 1. The van der Waals surface area contributed by atoms with E-state index in [0.717, 1.165) is 31.5 Å². The average molecular weight is 487 g/mol. The molecule has 3 heterocycles. The van der Waals surface area contributed by atoms with Gasteiger partial charge in [-0.1, -0.05) is 12.1 Å². The topological polar surface area (TPSA) is 82.6 Å². The Hall–Kier alpha value is -2.82. The quantitative estimate of drug-likeness (QED) is 0.575. The Morgan fingerprint density at radius 3 is 2.48 bits per heavy atom. The molecule has 10 heteroatoms. The zero-order valence-electron chi connectivity index (χ0n) is 17.7. The summed E-state index contributed by atoms with van der Waals surface area (Å²) in [7, 11) is -3.73. The number of thiazole rings is 1. The van der Waals surface area contributed by atoms with Gasteiger partial charge in [0, 0.05) is 30.4 Å². The fourth-order valence-corrected chi connectivity index (χ4v) is 6.38. The Morgan fingerprint density at radius 2 is 1.79 bits per heavy atom. The summed E-state index contributed by atoms with van der Waals surface area (Å²) < 4.78 is 40.7. The summed E-state index contributed by atoms with van der Waals surface area (Å²) in [5.41, 5.74) is 1.79. The smallest absolute Gasteiger partial charge is 0.263 e. The van der Waals surface area contributed by atoms with Gasteiger partial charge in [0.1, 0.15) is 5.82 Å². The van der Waals surface area contributed by atoms with Crippen molar-refractivity contribution in [3.63, 3.8) is 0 Å². The van der Waals surface area contributed by atoms with Crippen LogP contribution in [0.3, 0.4) is 0 Å². The minimum Gasteiger partial charge on any atom is -0.311 e. The number of sulfonamides is 1. The van der Waals surface area contributed by atoms with E-state index in [2.05, 4.69) is 14.6 Å². The van der Waals surface area contributed by atoms with Crippen molar-refractivity contribution < 1.29 is 17.6 Å². The Morgan fingerprint density at radius 1 is 1.03 bits per heavy atom. The first-order valence-corrected chi connectivity index (χ1v) is 13.1. The van der Waals surface area contributed by atoms with Gasteiger partial charge in [-0.25, -0.2) is 17.8 Å². The minimum atomic E-state index is -3.73. The summed E-state index contributed by atoms with van der Waals surface area (Å²) in [6.45, 7) is 2.19. The van der Waals surface area contributed by atoms with E-state index in [1.165, 1.54) is 41.8 Å². The van der Waals surface area contributed by atoms with Crippen LogP contribution < -0.4 is 9.62 Å². The number of carbonyl (C=O) groups excluding carboxylic acids is 1. The van der Waals surface area contributed by atoms with Crippen molar-refractivity contribution in [3.05, 3.63) is 71.5 Å². The highest BCUT2D eigenvalue weighted by molar-refractivity contribution is 7.93. The number of rotatable bonds is 6. The van der Waals surface area contributed by atoms with E-state index in [-0.39, 0.29) is 22.7 Å². The molecule has 0 bridgehead atoms. The molecule has 5 rings (SSSR count). The maximum atomic E-state index is 13.2. The van der Waals surface area contributed by atoms with Gasteiger partial charge in [-0.15, -0.1) is 11.3 Å². The summed E-state index contributed by atoms with van der Waals surface area (Å²) >= 11 is 1.20. The Kier molecular flexibility index (Phi) is 5.90. The maximum Gasteiger partial charge on any atom is 0.263 e. The van der Waals surface area contributed by atoms with Gasteiger partial charge in [0.25, 0.3) is 10.0 Å². The molecule has 0 spiro atoms. The van der Waals surface area contributed by atoms with Gasteiger partial charge in [0.2, 0.25) is 5.91 Å². The average Bonchev–Trinajstić information content (AvgIpc) is 3.56. The molecule has 1 N–H and O–H groups in total. The van der Waals surface area contributed by atoms with Crippen LogP contribution in [-0.4, -0.2) is 49.9 Å². The van der Waals surface area contributed by atoms with Crippen molar-refractivity contribution in [2.75, 3.05) is 29.3 Å². The highest BCUT2D eigenvalue weighted by atomic mass is 32.2. The molecule has 2 atom stereocenters. The number of hydrogen-bond donors (Lipinski definition) is 1. The summed E-state index contributed by atoms with van der Waals surface area (Å²) in [6, 6.07) is 12.8. The number of hydrogen-bond acceptors (Lipinski definition) is 6. The van der Waals surface area contributed by atoms with E-state index >= 15 is 0 Å². The minimum absolute atomic E-state index is 0.0336. The molecule has 2 aliphatic rings. The van der Waals surface area contributed by atoms with E-state index in [9.17, 15) is 17.6 Å². The lowest BCUT2D eigenvalue weighted by molar-refractivity contribution is -0.121. The molecule has 0 saturated carbocycles. The predicted octanol–water partition coefficient (Wildman–Crippen LogP) is 3.68. The van der Waals surface area contributed by atoms with Gasteiger partial charge >= 0.3 is 0 Å². The Balaban J connectivity index is 1.24. The van der Waals surface area contributed by atoms with Crippen molar-refractivity contribution in [2.45, 2.75) is 29.7 Å². The third-order valence-electron chi connectivity index (χ3n) is 6.29. The summed E-state index contributed by atoms with van der Waals surface area (Å²) in [6.07, 6.45) is 3.19. The molecular formula is C23H23FN4O3S2. The Bertz CT molecular complexity index is 1230. The molecular weight excluding hydrogens is 463 g/mol. The van der Waals surface area contributed by atoms with E-state index in [1.54, 1.807) is 22.4 Å². The van der Waals surface area contributed by atoms with Crippen LogP contribution in [0.15, 0.2) is 65.0 Å². The molecule has 1 unspecified atom stereocenters. The van der Waals surface area contributed by atoms with Crippen LogP contribution in [0, 0.1) is 5.82 Å². The van der Waals surface area contributed by atoms with E-state index in [1.807, 2.05) is 12.1 Å². The lowest BCUT2D eigenvalue weighted by Gasteiger charge is -2.23. The second-order valence-electron chi connectivity index (χ2n) is 8.26. The van der Waals surface area contributed by atoms with Gasteiger partial charge in [0.15, 0.2) is 5.13 Å². The van der Waals surface area contributed by atoms with Crippen LogP contribution >= 0.6 is 11.3 Å². The number of nitrogens with zero attached hydrogens (tertiary/aromatic N) is 3. The van der Waals surface area contributed by atoms with Crippen molar-refractivity contribution in [3.8, 4) is 0 Å². The van der Waals surface area contributed by atoms with Crippen LogP contribution in [0.2, 0.25) is 0 Å².